The fraction of sp³-hybridized carbons (Fsp3) is 0.786. The monoisotopic (exact) mass is 302 g/mol. The van der Waals surface area contributed by atoms with E-state index in [1.54, 1.807) is 0 Å². The van der Waals surface area contributed by atoms with Crippen LogP contribution in [0.2, 0.25) is 6.04 Å². The van der Waals surface area contributed by atoms with E-state index in [9.17, 15) is 4.79 Å². The number of unbranched alkanes of at least 4 members (excludes halogenated alkanes) is 1. The molecule has 116 valence electrons. The standard InChI is InChI=1S/C14H26O5Si/c1-3-5-7-19-20-13-12-17-9-8-16-10-11-18-14(15)6-4-2/h2H,3,5-13,20H2,1H3. The zero-order valence-corrected chi connectivity index (χ0v) is 13.8. The molecule has 0 aliphatic heterocycles. The maximum absolute atomic E-state index is 10.9. The van der Waals surface area contributed by atoms with Crippen molar-refractivity contribution in [1.82, 2.24) is 0 Å². The van der Waals surface area contributed by atoms with Crippen LogP contribution in [0, 0.1) is 12.3 Å². The average Bonchev–Trinajstić information content (AvgIpc) is 2.44. The molecule has 0 aromatic carbocycles. The Labute approximate surface area is 124 Å². The van der Waals surface area contributed by atoms with Crippen LogP contribution in [0.1, 0.15) is 26.2 Å². The lowest BCUT2D eigenvalue weighted by Gasteiger charge is -2.06. The van der Waals surface area contributed by atoms with E-state index >= 15 is 0 Å². The van der Waals surface area contributed by atoms with Gasteiger partial charge >= 0.3 is 5.97 Å². The third-order valence-electron chi connectivity index (χ3n) is 2.33. The van der Waals surface area contributed by atoms with Gasteiger partial charge in [-0.15, -0.1) is 6.42 Å². The van der Waals surface area contributed by atoms with Crippen LogP contribution in [0.5, 0.6) is 0 Å². The normalized spacial score (nSPS) is 10.8. The molecule has 0 N–H and O–H groups in total. The molecule has 0 aliphatic rings. The minimum absolute atomic E-state index is 0.00727. The lowest BCUT2D eigenvalue weighted by atomic mass is 10.4. The van der Waals surface area contributed by atoms with Gasteiger partial charge in [0.05, 0.1) is 19.8 Å². The van der Waals surface area contributed by atoms with E-state index in [0.717, 1.165) is 25.7 Å². The highest BCUT2D eigenvalue weighted by Crippen LogP contribution is 1.90. The first-order chi connectivity index (χ1) is 9.81. The maximum atomic E-state index is 10.9. The Kier molecular flexibility index (Phi) is 15.5. The first kappa shape index (κ1) is 19.1. The first-order valence-corrected chi connectivity index (χ1v) is 8.71. The third-order valence-corrected chi connectivity index (χ3v) is 3.48. The summed E-state index contributed by atoms with van der Waals surface area (Å²) in [6.45, 7) is 5.45. The highest BCUT2D eigenvalue weighted by Gasteiger charge is 1.98. The molecule has 0 saturated heterocycles. The zero-order valence-electron chi connectivity index (χ0n) is 12.4. The van der Waals surface area contributed by atoms with Gasteiger partial charge in [0.2, 0.25) is 0 Å². The molecule has 0 amide bonds. The summed E-state index contributed by atoms with van der Waals surface area (Å²) in [6.07, 6.45) is 7.30. The van der Waals surface area contributed by atoms with E-state index in [1.807, 2.05) is 0 Å². The number of carbonyl (C=O) groups is 1. The smallest absolute Gasteiger partial charge is 0.318 e. The van der Waals surface area contributed by atoms with Gasteiger partial charge in [-0.1, -0.05) is 19.3 Å². The lowest BCUT2D eigenvalue weighted by molar-refractivity contribution is -0.144. The van der Waals surface area contributed by atoms with Gasteiger partial charge in [-0.25, -0.2) is 0 Å². The molecule has 0 saturated carbocycles. The Morgan fingerprint density at radius 1 is 1.10 bits per heavy atom. The SMILES string of the molecule is C#CCC(=O)OCCOCCOCC[SiH2]OCCCC. The van der Waals surface area contributed by atoms with Gasteiger partial charge < -0.3 is 18.6 Å². The van der Waals surface area contributed by atoms with Gasteiger partial charge in [0.25, 0.3) is 0 Å². The van der Waals surface area contributed by atoms with Crippen LogP contribution >= 0.6 is 0 Å². The largest absolute Gasteiger partial charge is 0.463 e. The maximum Gasteiger partial charge on any atom is 0.318 e. The summed E-state index contributed by atoms with van der Waals surface area (Å²) in [5, 5.41) is 0. The predicted octanol–water partition coefficient (Wildman–Crippen LogP) is 0.905. The van der Waals surface area contributed by atoms with Gasteiger partial charge in [0, 0.05) is 13.2 Å². The highest BCUT2D eigenvalue weighted by atomic mass is 28.2. The number of carbonyl (C=O) groups excluding carboxylic acids is 1. The molecule has 0 aromatic heterocycles. The first-order valence-electron chi connectivity index (χ1n) is 7.13. The van der Waals surface area contributed by atoms with Crippen LogP contribution < -0.4 is 0 Å². The second-order valence-electron chi connectivity index (χ2n) is 4.15. The molecular weight excluding hydrogens is 276 g/mol. The van der Waals surface area contributed by atoms with E-state index in [-0.39, 0.29) is 19.0 Å². The Morgan fingerprint density at radius 2 is 1.80 bits per heavy atom. The summed E-state index contributed by atoms with van der Waals surface area (Å²) in [7, 11) is -0.410. The van der Waals surface area contributed by atoms with Crippen molar-refractivity contribution in [3.05, 3.63) is 0 Å². The molecule has 0 aliphatic carbocycles. The predicted molar refractivity (Wildman–Crippen MR) is 80.3 cm³/mol. The minimum atomic E-state index is -0.410. The van der Waals surface area contributed by atoms with Crippen molar-refractivity contribution in [2.75, 3.05) is 39.6 Å². The summed E-state index contributed by atoms with van der Waals surface area (Å²) in [5.41, 5.74) is 0. The number of esters is 1. The van der Waals surface area contributed by atoms with Crippen LogP contribution in [-0.2, 0) is 23.4 Å². The molecule has 0 spiro atoms. The highest BCUT2D eigenvalue weighted by molar-refractivity contribution is 6.27. The van der Waals surface area contributed by atoms with Crippen molar-refractivity contribution in [3.8, 4) is 12.3 Å². The van der Waals surface area contributed by atoms with Gasteiger partial charge in [-0.3, -0.25) is 4.79 Å². The van der Waals surface area contributed by atoms with Gasteiger partial charge in [0.1, 0.15) is 13.0 Å². The summed E-state index contributed by atoms with van der Waals surface area (Å²) < 4.78 is 21.0. The van der Waals surface area contributed by atoms with Gasteiger partial charge in [-0.05, 0) is 12.5 Å². The molecule has 0 aromatic rings. The molecule has 0 rings (SSSR count). The Hall–Kier alpha value is -0.873. The van der Waals surface area contributed by atoms with E-state index in [4.69, 9.17) is 25.1 Å². The number of hydrogen-bond acceptors (Lipinski definition) is 5. The number of terminal acetylenes is 1. The van der Waals surface area contributed by atoms with Gasteiger partial charge in [0.15, 0.2) is 9.76 Å². The summed E-state index contributed by atoms with van der Waals surface area (Å²) in [4.78, 5) is 10.9. The lowest BCUT2D eigenvalue weighted by Crippen LogP contribution is -2.13. The summed E-state index contributed by atoms with van der Waals surface area (Å²) >= 11 is 0. The van der Waals surface area contributed by atoms with Crippen molar-refractivity contribution in [1.29, 1.82) is 0 Å². The number of ether oxygens (including phenoxy) is 3. The van der Waals surface area contributed by atoms with Gasteiger partial charge in [-0.2, -0.15) is 0 Å². The molecule has 0 heterocycles. The van der Waals surface area contributed by atoms with Crippen LogP contribution in [0.4, 0.5) is 0 Å². The molecule has 0 atom stereocenters. The molecular formula is C14H26O5Si. The fourth-order valence-corrected chi connectivity index (χ4v) is 2.22. The summed E-state index contributed by atoms with van der Waals surface area (Å²) in [5.74, 6) is 1.83. The molecule has 5 nitrogen and oxygen atoms in total. The zero-order chi connectivity index (χ0) is 14.9. The van der Waals surface area contributed by atoms with Crippen molar-refractivity contribution in [2.24, 2.45) is 0 Å². The van der Waals surface area contributed by atoms with Crippen molar-refractivity contribution in [2.45, 2.75) is 32.2 Å². The van der Waals surface area contributed by atoms with E-state index in [0.29, 0.717) is 19.8 Å². The molecule has 0 fully saturated rings. The average molecular weight is 302 g/mol. The van der Waals surface area contributed by atoms with Crippen LogP contribution in [-0.4, -0.2) is 55.4 Å². The minimum Gasteiger partial charge on any atom is -0.463 e. The van der Waals surface area contributed by atoms with Crippen LogP contribution in [0.25, 0.3) is 0 Å². The van der Waals surface area contributed by atoms with E-state index in [2.05, 4.69) is 12.8 Å². The quantitative estimate of drug-likeness (QED) is 0.207. The van der Waals surface area contributed by atoms with Crippen molar-refractivity contribution >= 4 is 15.7 Å². The number of rotatable bonds is 14. The molecule has 0 bridgehead atoms. The Balaban J connectivity index is 3.03. The van der Waals surface area contributed by atoms with Crippen molar-refractivity contribution < 1.29 is 23.4 Å². The van der Waals surface area contributed by atoms with E-state index < -0.39 is 9.76 Å². The third kappa shape index (κ3) is 15.2. The van der Waals surface area contributed by atoms with Crippen LogP contribution in [0.15, 0.2) is 0 Å². The Bertz CT molecular complexity index is 265. The molecule has 0 unspecified atom stereocenters. The molecule has 0 radical (unpaired) electrons. The molecule has 20 heavy (non-hydrogen) atoms. The number of hydrogen-bond donors (Lipinski definition) is 0. The van der Waals surface area contributed by atoms with Crippen molar-refractivity contribution in [3.63, 3.8) is 0 Å². The molecule has 6 heteroatoms. The van der Waals surface area contributed by atoms with Crippen LogP contribution in [0.3, 0.4) is 0 Å². The summed E-state index contributed by atoms with van der Waals surface area (Å²) in [6, 6.07) is 1.04. The fourth-order valence-electron chi connectivity index (χ4n) is 1.28. The second kappa shape index (κ2) is 16.2. The second-order valence-corrected chi connectivity index (χ2v) is 5.67. The van der Waals surface area contributed by atoms with E-state index in [1.165, 1.54) is 6.42 Å². The topological polar surface area (TPSA) is 54.0 Å². The Morgan fingerprint density at radius 3 is 2.50 bits per heavy atom.